The molecule has 0 atom stereocenters. The minimum absolute atomic E-state index is 0.575. The lowest BCUT2D eigenvalue weighted by Gasteiger charge is -2.01. The minimum Gasteiger partial charge on any atom is -0.497 e. The molecule has 0 unspecified atom stereocenters. The van der Waals surface area contributed by atoms with Crippen LogP contribution in [0, 0.1) is 5.92 Å². The van der Waals surface area contributed by atoms with Gasteiger partial charge in [0.25, 0.3) is 0 Å². The summed E-state index contributed by atoms with van der Waals surface area (Å²) in [6.07, 6.45) is 0.964. The van der Waals surface area contributed by atoms with E-state index in [0.29, 0.717) is 11.7 Å². The molecule has 3 heterocycles. The van der Waals surface area contributed by atoms with Crippen LogP contribution >= 0.6 is 11.3 Å². The van der Waals surface area contributed by atoms with Crippen molar-refractivity contribution in [1.82, 2.24) is 30.0 Å². The van der Waals surface area contributed by atoms with Gasteiger partial charge in [-0.05, 0) is 30.5 Å². The van der Waals surface area contributed by atoms with Gasteiger partial charge in [-0.25, -0.2) is 0 Å². The number of hydrogen-bond acceptors (Lipinski definition) is 6. The second kappa shape index (κ2) is 6.29. The van der Waals surface area contributed by atoms with E-state index in [1.165, 1.54) is 11.3 Å². The molecule has 0 aliphatic heterocycles. The molecule has 1 aromatic carbocycles. The lowest BCUT2D eigenvalue weighted by molar-refractivity contribution is 0.415. The molecule has 0 fully saturated rings. The van der Waals surface area contributed by atoms with Crippen molar-refractivity contribution in [1.29, 1.82) is 0 Å². The zero-order chi connectivity index (χ0) is 17.4. The van der Waals surface area contributed by atoms with Gasteiger partial charge in [-0.15, -0.1) is 10.2 Å². The van der Waals surface area contributed by atoms with Crippen molar-refractivity contribution in [2.45, 2.75) is 20.3 Å². The number of fused-ring (bicyclic) bond motifs is 1. The maximum Gasteiger partial charge on any atom is 0.235 e. The molecule has 0 amide bonds. The molecular weight excluding hydrogens is 336 g/mol. The molecule has 4 aromatic rings. The SMILES string of the molecule is COc1cccc(-c2nnc3sc(-c4cc(CC(C)C)[nH]n4)nn23)c1. The van der Waals surface area contributed by atoms with Crippen LogP contribution in [-0.4, -0.2) is 37.1 Å². The number of aromatic amines is 1. The molecule has 0 aliphatic carbocycles. The van der Waals surface area contributed by atoms with E-state index in [4.69, 9.17) is 4.74 Å². The van der Waals surface area contributed by atoms with E-state index < -0.39 is 0 Å². The normalized spacial score (nSPS) is 11.5. The zero-order valence-electron chi connectivity index (χ0n) is 14.2. The topological polar surface area (TPSA) is 81.0 Å². The Kier molecular flexibility index (Phi) is 3.96. The first-order valence-electron chi connectivity index (χ1n) is 8.05. The summed E-state index contributed by atoms with van der Waals surface area (Å²) < 4.78 is 7.04. The van der Waals surface area contributed by atoms with E-state index in [0.717, 1.165) is 39.1 Å². The standard InChI is InChI=1S/C17H18N6OS/c1-10(2)7-12-9-14(19-18-12)16-22-23-15(20-21-17(23)25-16)11-5-4-6-13(8-11)24-3/h4-6,8-10H,7H2,1-3H3,(H,18,19). The molecule has 0 aliphatic rings. The molecule has 0 spiro atoms. The number of aromatic nitrogens is 6. The predicted octanol–water partition coefficient (Wildman–Crippen LogP) is 3.45. The van der Waals surface area contributed by atoms with Crippen molar-refractivity contribution in [2.24, 2.45) is 5.92 Å². The first kappa shape index (κ1) is 15.8. The van der Waals surface area contributed by atoms with Crippen LogP contribution < -0.4 is 4.74 Å². The van der Waals surface area contributed by atoms with Crippen molar-refractivity contribution < 1.29 is 4.74 Å². The molecule has 0 radical (unpaired) electrons. The second-order valence-corrected chi connectivity index (χ2v) is 7.19. The van der Waals surface area contributed by atoms with Crippen LogP contribution in [0.5, 0.6) is 5.75 Å². The molecule has 128 valence electrons. The van der Waals surface area contributed by atoms with Crippen LogP contribution in [-0.2, 0) is 6.42 Å². The number of methoxy groups -OCH3 is 1. The largest absolute Gasteiger partial charge is 0.497 e. The quantitative estimate of drug-likeness (QED) is 0.594. The van der Waals surface area contributed by atoms with Crippen LogP contribution in [0.1, 0.15) is 19.5 Å². The number of rotatable bonds is 5. The Morgan fingerprint density at radius 2 is 2.12 bits per heavy atom. The molecule has 4 rings (SSSR count). The highest BCUT2D eigenvalue weighted by Gasteiger charge is 2.16. The minimum atomic E-state index is 0.575. The van der Waals surface area contributed by atoms with Gasteiger partial charge in [0.15, 0.2) is 10.8 Å². The third-order valence-electron chi connectivity index (χ3n) is 3.80. The lowest BCUT2D eigenvalue weighted by atomic mass is 10.1. The number of nitrogens with zero attached hydrogens (tertiary/aromatic N) is 5. The third kappa shape index (κ3) is 3.00. The molecule has 3 aromatic heterocycles. The maximum absolute atomic E-state index is 5.28. The van der Waals surface area contributed by atoms with Gasteiger partial charge >= 0.3 is 0 Å². The number of H-pyrrole nitrogens is 1. The van der Waals surface area contributed by atoms with Crippen molar-refractivity contribution in [3.63, 3.8) is 0 Å². The average Bonchev–Trinajstić information content (AvgIpc) is 3.29. The molecular formula is C17H18N6OS. The van der Waals surface area contributed by atoms with Gasteiger partial charge in [-0.1, -0.05) is 37.3 Å². The second-order valence-electron chi connectivity index (χ2n) is 6.23. The molecule has 8 heteroatoms. The summed E-state index contributed by atoms with van der Waals surface area (Å²) in [5.74, 6) is 2.04. The molecule has 1 N–H and O–H groups in total. The van der Waals surface area contributed by atoms with E-state index in [-0.39, 0.29) is 0 Å². The van der Waals surface area contributed by atoms with Crippen LogP contribution in [0.4, 0.5) is 0 Å². The Hall–Kier alpha value is -2.74. The molecule has 0 bridgehead atoms. The van der Waals surface area contributed by atoms with Gasteiger partial charge in [-0.3, -0.25) is 5.10 Å². The summed E-state index contributed by atoms with van der Waals surface area (Å²) in [6.45, 7) is 4.37. The van der Waals surface area contributed by atoms with E-state index in [1.807, 2.05) is 24.3 Å². The molecule has 7 nitrogen and oxygen atoms in total. The van der Waals surface area contributed by atoms with Crippen molar-refractivity contribution in [3.05, 3.63) is 36.0 Å². The van der Waals surface area contributed by atoms with Crippen LogP contribution in [0.3, 0.4) is 0 Å². The third-order valence-corrected chi connectivity index (χ3v) is 4.72. The highest BCUT2D eigenvalue weighted by Crippen LogP contribution is 2.28. The van der Waals surface area contributed by atoms with Gasteiger partial charge < -0.3 is 4.74 Å². The molecule has 25 heavy (non-hydrogen) atoms. The van der Waals surface area contributed by atoms with Gasteiger partial charge in [-0.2, -0.15) is 14.7 Å². The fourth-order valence-electron chi connectivity index (χ4n) is 2.68. The Morgan fingerprint density at radius 3 is 2.92 bits per heavy atom. The maximum atomic E-state index is 5.28. The molecule has 0 saturated heterocycles. The van der Waals surface area contributed by atoms with E-state index >= 15 is 0 Å². The van der Waals surface area contributed by atoms with Gasteiger partial charge in [0.1, 0.15) is 11.4 Å². The van der Waals surface area contributed by atoms with Crippen molar-refractivity contribution >= 4 is 16.3 Å². The smallest absolute Gasteiger partial charge is 0.235 e. The fraction of sp³-hybridized carbons (Fsp3) is 0.294. The fourth-order valence-corrected chi connectivity index (χ4v) is 3.48. The Labute approximate surface area is 148 Å². The Bertz CT molecular complexity index is 1020. The Balaban J connectivity index is 1.72. The van der Waals surface area contributed by atoms with E-state index in [1.54, 1.807) is 11.6 Å². The van der Waals surface area contributed by atoms with Crippen molar-refractivity contribution in [3.8, 4) is 27.8 Å². The summed E-state index contributed by atoms with van der Waals surface area (Å²) in [7, 11) is 1.64. The first-order valence-corrected chi connectivity index (χ1v) is 8.87. The molecule has 0 saturated carbocycles. The van der Waals surface area contributed by atoms with Crippen molar-refractivity contribution in [2.75, 3.05) is 7.11 Å². The predicted molar refractivity (Wildman–Crippen MR) is 96.8 cm³/mol. The zero-order valence-corrected chi connectivity index (χ0v) is 15.0. The summed E-state index contributed by atoms with van der Waals surface area (Å²) in [5.41, 5.74) is 2.86. The summed E-state index contributed by atoms with van der Waals surface area (Å²) in [5, 5.41) is 21.4. The van der Waals surface area contributed by atoms with Crippen LogP contribution in [0.2, 0.25) is 0 Å². The lowest BCUT2D eigenvalue weighted by Crippen LogP contribution is -1.93. The van der Waals surface area contributed by atoms with Crippen LogP contribution in [0.25, 0.3) is 27.1 Å². The highest BCUT2D eigenvalue weighted by atomic mass is 32.1. The first-order chi connectivity index (χ1) is 12.1. The highest BCUT2D eigenvalue weighted by molar-refractivity contribution is 7.19. The van der Waals surface area contributed by atoms with Gasteiger partial charge in [0.05, 0.1) is 7.11 Å². The number of hydrogen-bond donors (Lipinski definition) is 1. The summed E-state index contributed by atoms with van der Waals surface area (Å²) >= 11 is 1.47. The number of benzene rings is 1. The summed E-state index contributed by atoms with van der Waals surface area (Å²) in [4.78, 5) is 0.737. The van der Waals surface area contributed by atoms with E-state index in [2.05, 4.69) is 45.4 Å². The number of ether oxygens (including phenoxy) is 1. The summed E-state index contributed by atoms with van der Waals surface area (Å²) in [6, 6.07) is 9.76. The van der Waals surface area contributed by atoms with Gasteiger partial charge in [0, 0.05) is 11.3 Å². The Morgan fingerprint density at radius 1 is 1.24 bits per heavy atom. The van der Waals surface area contributed by atoms with Crippen LogP contribution in [0.15, 0.2) is 30.3 Å². The van der Waals surface area contributed by atoms with E-state index in [9.17, 15) is 0 Å². The number of nitrogens with one attached hydrogen (secondary N) is 1. The average molecular weight is 354 g/mol. The monoisotopic (exact) mass is 354 g/mol. The van der Waals surface area contributed by atoms with Gasteiger partial charge in [0.2, 0.25) is 4.96 Å².